The Balaban J connectivity index is 2.02. The summed E-state index contributed by atoms with van der Waals surface area (Å²) in [6, 6.07) is 0. The highest BCUT2D eigenvalue weighted by atomic mass is 15.3. The zero-order valence-corrected chi connectivity index (χ0v) is 10.7. The Bertz CT molecular complexity index is 367. The van der Waals surface area contributed by atoms with Crippen LogP contribution in [0.15, 0.2) is 6.20 Å². The lowest BCUT2D eigenvalue weighted by Crippen LogP contribution is -2.56. The van der Waals surface area contributed by atoms with Crippen molar-refractivity contribution in [2.24, 2.45) is 7.05 Å². The average Bonchev–Trinajstić information content (AvgIpc) is 2.43. The Hall–Kier alpha value is -0.870. The van der Waals surface area contributed by atoms with Crippen molar-refractivity contribution in [3.63, 3.8) is 0 Å². The largest absolute Gasteiger partial charge is 0.309 e. The van der Waals surface area contributed by atoms with E-state index in [0.29, 0.717) is 0 Å². The van der Waals surface area contributed by atoms with E-state index < -0.39 is 0 Å². The van der Waals surface area contributed by atoms with Crippen molar-refractivity contribution in [2.45, 2.75) is 32.9 Å². The van der Waals surface area contributed by atoms with Gasteiger partial charge in [-0.15, -0.1) is 0 Å². The van der Waals surface area contributed by atoms with E-state index in [4.69, 9.17) is 0 Å². The molecule has 0 unspecified atom stereocenters. The van der Waals surface area contributed by atoms with Gasteiger partial charge in [-0.25, -0.2) is 0 Å². The van der Waals surface area contributed by atoms with Gasteiger partial charge in [-0.3, -0.25) is 9.58 Å². The van der Waals surface area contributed by atoms with E-state index in [2.05, 4.69) is 42.3 Å². The first-order chi connectivity index (χ1) is 7.46. The molecule has 2 rings (SSSR count). The number of aromatic nitrogens is 2. The minimum atomic E-state index is 0.231. The molecule has 0 radical (unpaired) electrons. The predicted octanol–water partition coefficient (Wildman–Crippen LogP) is 0.912. The maximum atomic E-state index is 4.39. The molecule has 90 valence electrons. The highest BCUT2D eigenvalue weighted by Crippen LogP contribution is 2.14. The monoisotopic (exact) mass is 222 g/mol. The molecule has 1 aliphatic heterocycles. The molecule has 16 heavy (non-hydrogen) atoms. The molecule has 4 heteroatoms. The van der Waals surface area contributed by atoms with Gasteiger partial charge in [0.15, 0.2) is 0 Å². The van der Waals surface area contributed by atoms with Crippen LogP contribution in [0.5, 0.6) is 0 Å². The lowest BCUT2D eigenvalue weighted by Gasteiger charge is -2.39. The third kappa shape index (κ3) is 2.62. The third-order valence-corrected chi connectivity index (χ3v) is 3.16. The van der Waals surface area contributed by atoms with E-state index in [1.807, 2.05) is 11.7 Å². The third-order valence-electron chi connectivity index (χ3n) is 3.16. The molecule has 0 saturated carbocycles. The quantitative estimate of drug-likeness (QED) is 0.807. The standard InChI is InChI=1S/C12H22N4/c1-10-11(7-15(4)14-10)8-16-6-5-13-12(2,3)9-16/h7,13H,5-6,8-9H2,1-4H3. The van der Waals surface area contributed by atoms with Crippen LogP contribution >= 0.6 is 0 Å². The molecule has 1 aromatic rings. The summed E-state index contributed by atoms with van der Waals surface area (Å²) in [6.07, 6.45) is 2.13. The Morgan fingerprint density at radius 2 is 2.25 bits per heavy atom. The van der Waals surface area contributed by atoms with E-state index in [1.54, 1.807) is 0 Å². The van der Waals surface area contributed by atoms with Gasteiger partial charge in [0.2, 0.25) is 0 Å². The number of aryl methyl sites for hydroxylation is 2. The molecule has 1 saturated heterocycles. The van der Waals surface area contributed by atoms with Crippen LogP contribution in [0.1, 0.15) is 25.1 Å². The summed E-state index contributed by atoms with van der Waals surface area (Å²) in [5.41, 5.74) is 2.73. The van der Waals surface area contributed by atoms with Crippen molar-refractivity contribution in [3.05, 3.63) is 17.5 Å². The fourth-order valence-electron chi connectivity index (χ4n) is 2.43. The lowest BCUT2D eigenvalue weighted by molar-refractivity contribution is 0.148. The summed E-state index contributed by atoms with van der Waals surface area (Å²) in [5.74, 6) is 0. The van der Waals surface area contributed by atoms with E-state index in [-0.39, 0.29) is 5.54 Å². The van der Waals surface area contributed by atoms with Gasteiger partial charge in [0.05, 0.1) is 5.69 Å². The molecule has 0 amide bonds. The molecule has 1 aliphatic rings. The highest BCUT2D eigenvalue weighted by molar-refractivity contribution is 5.15. The predicted molar refractivity (Wildman–Crippen MR) is 65.3 cm³/mol. The second-order valence-electron chi connectivity index (χ2n) is 5.43. The van der Waals surface area contributed by atoms with Crippen LogP contribution in [-0.2, 0) is 13.6 Å². The van der Waals surface area contributed by atoms with E-state index >= 15 is 0 Å². The molecule has 4 nitrogen and oxygen atoms in total. The summed E-state index contributed by atoms with van der Waals surface area (Å²) in [5, 5.41) is 7.92. The van der Waals surface area contributed by atoms with Crippen molar-refractivity contribution >= 4 is 0 Å². The van der Waals surface area contributed by atoms with Crippen LogP contribution in [-0.4, -0.2) is 39.9 Å². The second-order valence-corrected chi connectivity index (χ2v) is 5.43. The van der Waals surface area contributed by atoms with Gasteiger partial charge in [-0.2, -0.15) is 5.10 Å². The van der Waals surface area contributed by atoms with Crippen LogP contribution < -0.4 is 5.32 Å². The Labute approximate surface area is 97.6 Å². The van der Waals surface area contributed by atoms with Crippen molar-refractivity contribution < 1.29 is 0 Å². The number of nitrogens with zero attached hydrogens (tertiary/aromatic N) is 3. The topological polar surface area (TPSA) is 33.1 Å². The zero-order valence-electron chi connectivity index (χ0n) is 10.7. The fourth-order valence-corrected chi connectivity index (χ4v) is 2.43. The second kappa shape index (κ2) is 4.18. The van der Waals surface area contributed by atoms with Gasteiger partial charge in [0, 0.05) is 50.5 Å². The summed E-state index contributed by atoms with van der Waals surface area (Å²) in [6.45, 7) is 10.9. The minimum Gasteiger partial charge on any atom is -0.309 e. The molecule has 1 N–H and O–H groups in total. The average molecular weight is 222 g/mol. The number of nitrogens with one attached hydrogen (secondary N) is 1. The Morgan fingerprint density at radius 1 is 1.50 bits per heavy atom. The van der Waals surface area contributed by atoms with Gasteiger partial charge in [0.25, 0.3) is 0 Å². The number of hydrogen-bond donors (Lipinski definition) is 1. The van der Waals surface area contributed by atoms with Gasteiger partial charge in [-0.1, -0.05) is 0 Å². The normalized spacial score (nSPS) is 21.2. The van der Waals surface area contributed by atoms with Gasteiger partial charge >= 0.3 is 0 Å². The smallest absolute Gasteiger partial charge is 0.0638 e. The van der Waals surface area contributed by atoms with Crippen LogP contribution in [0, 0.1) is 6.92 Å². The Kier molecular flexibility index (Phi) is 3.04. The van der Waals surface area contributed by atoms with E-state index in [9.17, 15) is 0 Å². The summed E-state index contributed by atoms with van der Waals surface area (Å²) >= 11 is 0. The molecular formula is C12H22N4. The summed E-state index contributed by atoms with van der Waals surface area (Å²) < 4.78 is 1.90. The van der Waals surface area contributed by atoms with Gasteiger partial charge in [-0.05, 0) is 20.8 Å². The maximum Gasteiger partial charge on any atom is 0.0638 e. The van der Waals surface area contributed by atoms with Crippen molar-refractivity contribution in [1.29, 1.82) is 0 Å². The highest BCUT2D eigenvalue weighted by Gasteiger charge is 2.25. The molecule has 1 aromatic heterocycles. The van der Waals surface area contributed by atoms with Crippen LogP contribution in [0.3, 0.4) is 0 Å². The van der Waals surface area contributed by atoms with Gasteiger partial charge in [0.1, 0.15) is 0 Å². The zero-order chi connectivity index (χ0) is 11.8. The molecule has 2 heterocycles. The molecular weight excluding hydrogens is 200 g/mol. The molecule has 0 aromatic carbocycles. The molecule has 1 fully saturated rings. The van der Waals surface area contributed by atoms with E-state index in [0.717, 1.165) is 31.9 Å². The van der Waals surface area contributed by atoms with Crippen molar-refractivity contribution in [3.8, 4) is 0 Å². The van der Waals surface area contributed by atoms with Crippen molar-refractivity contribution in [2.75, 3.05) is 19.6 Å². The Morgan fingerprint density at radius 3 is 2.81 bits per heavy atom. The number of rotatable bonds is 2. The minimum absolute atomic E-state index is 0.231. The first-order valence-electron chi connectivity index (χ1n) is 5.93. The number of hydrogen-bond acceptors (Lipinski definition) is 3. The summed E-state index contributed by atoms with van der Waals surface area (Å²) in [7, 11) is 1.98. The first kappa shape index (κ1) is 11.6. The van der Waals surface area contributed by atoms with E-state index in [1.165, 1.54) is 5.56 Å². The molecule has 0 atom stereocenters. The first-order valence-corrected chi connectivity index (χ1v) is 5.93. The maximum absolute atomic E-state index is 4.39. The van der Waals surface area contributed by atoms with Crippen LogP contribution in [0.2, 0.25) is 0 Å². The van der Waals surface area contributed by atoms with Crippen LogP contribution in [0.4, 0.5) is 0 Å². The van der Waals surface area contributed by atoms with Crippen molar-refractivity contribution in [1.82, 2.24) is 20.0 Å². The SMILES string of the molecule is Cc1nn(C)cc1CN1CCNC(C)(C)C1. The summed E-state index contributed by atoms with van der Waals surface area (Å²) in [4.78, 5) is 2.50. The van der Waals surface area contributed by atoms with Gasteiger partial charge < -0.3 is 5.32 Å². The molecule has 0 spiro atoms. The number of piperazine rings is 1. The molecule has 0 bridgehead atoms. The lowest BCUT2D eigenvalue weighted by atomic mass is 10.0. The fraction of sp³-hybridized carbons (Fsp3) is 0.750. The molecule has 0 aliphatic carbocycles. The van der Waals surface area contributed by atoms with Crippen LogP contribution in [0.25, 0.3) is 0 Å².